The number of rotatable bonds is 3. The van der Waals surface area contributed by atoms with Gasteiger partial charge in [-0.1, -0.05) is 58.4 Å². The highest BCUT2D eigenvalue weighted by atomic mass is 79.9. The van der Waals surface area contributed by atoms with Crippen molar-refractivity contribution in [3.05, 3.63) is 94.0 Å². The molecule has 0 aromatic heterocycles. The van der Waals surface area contributed by atoms with Crippen LogP contribution in [0.25, 0.3) is 0 Å². The number of hydrazone groups is 1. The van der Waals surface area contributed by atoms with Gasteiger partial charge in [0.2, 0.25) is 6.23 Å². The Bertz CT molecular complexity index is 1060. The van der Waals surface area contributed by atoms with E-state index in [4.69, 9.17) is 9.84 Å². The van der Waals surface area contributed by atoms with Crippen molar-refractivity contribution in [2.24, 2.45) is 5.10 Å². The van der Waals surface area contributed by atoms with E-state index >= 15 is 0 Å². The highest BCUT2D eigenvalue weighted by Crippen LogP contribution is 2.48. The number of ether oxygens (including phenoxy) is 1. The second kappa shape index (κ2) is 7.23. The van der Waals surface area contributed by atoms with Crippen LogP contribution in [0.2, 0.25) is 0 Å². The lowest BCUT2D eigenvalue weighted by molar-refractivity contribution is -0.0190. The summed E-state index contributed by atoms with van der Waals surface area (Å²) in [5.41, 5.74) is 5.71. The average Bonchev–Trinajstić information content (AvgIpc) is 3.20. The van der Waals surface area contributed by atoms with Crippen molar-refractivity contribution in [1.82, 2.24) is 5.01 Å². The minimum absolute atomic E-state index is 0.157. The topological polar surface area (TPSA) is 28.1 Å². The van der Waals surface area contributed by atoms with Crippen LogP contribution in [0, 0.1) is 0 Å². The molecular weight excluding hydrogens is 426 g/mol. The summed E-state index contributed by atoms with van der Waals surface area (Å²) in [6.07, 6.45) is 0.620. The fourth-order valence-electron chi connectivity index (χ4n) is 4.02. The second-order valence-electron chi connectivity index (χ2n) is 7.65. The Hall–Kier alpha value is -2.79. The van der Waals surface area contributed by atoms with E-state index in [1.54, 1.807) is 0 Å². The minimum atomic E-state index is -0.244. The molecule has 4 nitrogen and oxygen atoms in total. The maximum Gasteiger partial charge on any atom is 0.213 e. The first-order valence-corrected chi connectivity index (χ1v) is 10.5. The third-order valence-corrected chi connectivity index (χ3v) is 6.05. The SMILES string of the molecule is CN(C)c1ccc(C2Oc3ccc(Br)cc3C3CC(c4ccccc4)=NN32)cc1. The van der Waals surface area contributed by atoms with E-state index in [0.29, 0.717) is 0 Å². The van der Waals surface area contributed by atoms with Gasteiger partial charge in [0.15, 0.2) is 0 Å². The highest BCUT2D eigenvalue weighted by Gasteiger charge is 2.41. The molecule has 2 unspecified atom stereocenters. The van der Waals surface area contributed by atoms with Crippen LogP contribution in [-0.2, 0) is 0 Å². The minimum Gasteiger partial charge on any atom is -0.464 e. The predicted octanol–water partition coefficient (Wildman–Crippen LogP) is 5.76. The summed E-state index contributed by atoms with van der Waals surface area (Å²) in [5, 5.41) is 7.15. The number of benzene rings is 3. The zero-order chi connectivity index (χ0) is 20.0. The Morgan fingerprint density at radius 1 is 1.00 bits per heavy atom. The summed E-state index contributed by atoms with van der Waals surface area (Å²) in [4.78, 5) is 2.10. The van der Waals surface area contributed by atoms with Gasteiger partial charge in [-0.15, -0.1) is 0 Å². The Morgan fingerprint density at radius 2 is 1.76 bits per heavy atom. The van der Waals surface area contributed by atoms with Crippen molar-refractivity contribution >= 4 is 27.3 Å². The van der Waals surface area contributed by atoms with E-state index < -0.39 is 0 Å². The molecule has 2 heterocycles. The highest BCUT2D eigenvalue weighted by molar-refractivity contribution is 9.10. The van der Waals surface area contributed by atoms with Gasteiger partial charge in [0.25, 0.3) is 0 Å². The quantitative estimate of drug-likeness (QED) is 0.510. The molecule has 29 heavy (non-hydrogen) atoms. The maximum absolute atomic E-state index is 6.46. The number of nitrogens with zero attached hydrogens (tertiary/aromatic N) is 3. The van der Waals surface area contributed by atoms with Crippen molar-refractivity contribution < 1.29 is 4.74 Å². The van der Waals surface area contributed by atoms with Crippen LogP contribution >= 0.6 is 15.9 Å². The van der Waals surface area contributed by atoms with Gasteiger partial charge in [-0.25, -0.2) is 5.01 Å². The van der Waals surface area contributed by atoms with E-state index in [0.717, 1.165) is 27.9 Å². The summed E-state index contributed by atoms with van der Waals surface area (Å²) in [5.74, 6) is 0.931. The lowest BCUT2D eigenvalue weighted by Gasteiger charge is -2.38. The fourth-order valence-corrected chi connectivity index (χ4v) is 4.40. The van der Waals surface area contributed by atoms with Gasteiger partial charge in [0, 0.05) is 41.8 Å². The van der Waals surface area contributed by atoms with Gasteiger partial charge in [-0.3, -0.25) is 0 Å². The van der Waals surface area contributed by atoms with Crippen LogP contribution in [0.4, 0.5) is 5.69 Å². The third kappa shape index (κ3) is 3.29. The molecule has 2 aliphatic rings. The molecule has 0 saturated carbocycles. The van der Waals surface area contributed by atoms with E-state index in [1.165, 1.54) is 16.8 Å². The Labute approximate surface area is 179 Å². The molecule has 3 aromatic rings. The number of anilines is 1. The van der Waals surface area contributed by atoms with Gasteiger partial charge in [-0.05, 0) is 35.9 Å². The van der Waals surface area contributed by atoms with Gasteiger partial charge in [-0.2, -0.15) is 5.10 Å². The number of hydrogen-bond donors (Lipinski definition) is 0. The van der Waals surface area contributed by atoms with Gasteiger partial charge in [0.1, 0.15) is 5.75 Å². The normalized spacial score (nSPS) is 19.8. The number of fused-ring (bicyclic) bond motifs is 3. The van der Waals surface area contributed by atoms with E-state index in [2.05, 4.69) is 86.5 Å². The standard InChI is InChI=1S/C24H22BrN3O/c1-27(2)19-11-8-17(9-12-19)24-28-22(20-14-18(25)10-13-23(20)29-24)15-21(26-28)16-6-4-3-5-7-16/h3-14,22,24H,15H2,1-2H3. The number of hydrogen-bond acceptors (Lipinski definition) is 4. The largest absolute Gasteiger partial charge is 0.464 e. The lowest BCUT2D eigenvalue weighted by Crippen LogP contribution is -2.33. The molecule has 5 rings (SSSR count). The van der Waals surface area contributed by atoms with Crippen molar-refractivity contribution in [3.8, 4) is 5.75 Å². The molecular formula is C24H22BrN3O. The van der Waals surface area contributed by atoms with E-state index in [-0.39, 0.29) is 12.3 Å². The predicted molar refractivity (Wildman–Crippen MR) is 120 cm³/mol. The van der Waals surface area contributed by atoms with E-state index in [9.17, 15) is 0 Å². The monoisotopic (exact) mass is 447 g/mol. The molecule has 146 valence electrons. The molecule has 0 spiro atoms. The molecule has 0 saturated heterocycles. The zero-order valence-corrected chi connectivity index (χ0v) is 18.0. The molecule has 3 aromatic carbocycles. The zero-order valence-electron chi connectivity index (χ0n) is 16.4. The lowest BCUT2D eigenvalue weighted by atomic mass is 9.96. The Balaban J connectivity index is 1.57. The Kier molecular flexibility index (Phi) is 4.55. The van der Waals surface area contributed by atoms with Gasteiger partial charge < -0.3 is 9.64 Å². The van der Waals surface area contributed by atoms with Gasteiger partial charge >= 0.3 is 0 Å². The van der Waals surface area contributed by atoms with Crippen molar-refractivity contribution in [3.63, 3.8) is 0 Å². The molecule has 2 aliphatic heterocycles. The van der Waals surface area contributed by atoms with Crippen LogP contribution in [-0.4, -0.2) is 24.8 Å². The maximum atomic E-state index is 6.46. The summed E-state index contributed by atoms with van der Waals surface area (Å²) in [6.45, 7) is 0. The first-order valence-electron chi connectivity index (χ1n) is 9.75. The first kappa shape index (κ1) is 18.3. The van der Waals surface area contributed by atoms with Crippen LogP contribution in [0.15, 0.2) is 82.4 Å². The number of halogens is 1. The molecule has 0 aliphatic carbocycles. The summed E-state index contributed by atoms with van der Waals surface area (Å²) >= 11 is 3.61. The van der Waals surface area contributed by atoms with Gasteiger partial charge in [0.05, 0.1) is 11.8 Å². The molecule has 0 N–H and O–H groups in total. The summed E-state index contributed by atoms with van der Waals surface area (Å²) in [6, 6.07) is 25.3. The van der Waals surface area contributed by atoms with E-state index in [1.807, 2.05) is 26.2 Å². The molecule has 0 bridgehead atoms. The molecule has 0 fully saturated rings. The molecule has 5 heteroatoms. The smallest absolute Gasteiger partial charge is 0.213 e. The molecule has 2 atom stereocenters. The average molecular weight is 448 g/mol. The van der Waals surface area contributed by atoms with Crippen molar-refractivity contribution in [2.45, 2.75) is 18.7 Å². The second-order valence-corrected chi connectivity index (χ2v) is 8.57. The van der Waals surface area contributed by atoms with Crippen LogP contribution < -0.4 is 9.64 Å². The summed E-state index contributed by atoms with van der Waals surface area (Å²) in [7, 11) is 4.10. The molecule has 0 amide bonds. The first-order chi connectivity index (χ1) is 14.1. The Morgan fingerprint density at radius 3 is 2.48 bits per heavy atom. The summed E-state index contributed by atoms with van der Waals surface area (Å²) < 4.78 is 7.51. The fraction of sp³-hybridized carbons (Fsp3) is 0.208. The third-order valence-electron chi connectivity index (χ3n) is 5.55. The molecule has 0 radical (unpaired) electrons. The van der Waals surface area contributed by atoms with Crippen molar-refractivity contribution in [1.29, 1.82) is 0 Å². The van der Waals surface area contributed by atoms with Crippen LogP contribution in [0.1, 0.15) is 35.4 Å². The van der Waals surface area contributed by atoms with Crippen LogP contribution in [0.5, 0.6) is 5.75 Å². The van der Waals surface area contributed by atoms with Crippen LogP contribution in [0.3, 0.4) is 0 Å². The van der Waals surface area contributed by atoms with Crippen molar-refractivity contribution in [2.75, 3.05) is 19.0 Å².